The number of nitrogens with two attached hydrogens (primary N) is 1. The Bertz CT molecular complexity index is 2160. The van der Waals surface area contributed by atoms with Gasteiger partial charge in [0.2, 0.25) is 11.8 Å². The Labute approximate surface area is 377 Å². The summed E-state index contributed by atoms with van der Waals surface area (Å²) in [5.74, 6) is -2.65. The summed E-state index contributed by atoms with van der Waals surface area (Å²) in [6, 6.07) is 28.0. The summed E-state index contributed by atoms with van der Waals surface area (Å²) in [7, 11) is 1.23. The zero-order valence-electron chi connectivity index (χ0n) is 38.1. The summed E-state index contributed by atoms with van der Waals surface area (Å²) >= 11 is 0. The van der Waals surface area contributed by atoms with Crippen LogP contribution in [0.15, 0.2) is 109 Å². The van der Waals surface area contributed by atoms with Crippen molar-refractivity contribution < 1.29 is 33.8 Å². The van der Waals surface area contributed by atoms with Crippen LogP contribution < -0.4 is 21.7 Å². The van der Waals surface area contributed by atoms with Crippen molar-refractivity contribution in [2.45, 2.75) is 104 Å². The van der Waals surface area contributed by atoms with Crippen LogP contribution in [0.25, 0.3) is 11.3 Å². The van der Waals surface area contributed by atoms with E-state index in [9.17, 15) is 29.1 Å². The van der Waals surface area contributed by atoms with E-state index in [1.807, 2.05) is 145 Å². The second-order valence-electron chi connectivity index (χ2n) is 18.9. The van der Waals surface area contributed by atoms with Crippen LogP contribution in [0.3, 0.4) is 0 Å². The summed E-state index contributed by atoms with van der Waals surface area (Å²) in [6.45, 7) is 12.5. The van der Waals surface area contributed by atoms with Gasteiger partial charge in [-0.05, 0) is 71.3 Å². The van der Waals surface area contributed by atoms with Gasteiger partial charge in [-0.15, -0.1) is 0 Å². The maximum atomic E-state index is 14.9. The molecule has 0 spiro atoms. The minimum absolute atomic E-state index is 0.0467. The molecule has 2 heterocycles. The number of carboxylic acid groups (broad SMARTS) is 1. The predicted octanol–water partition coefficient (Wildman–Crippen LogP) is 6.43. The molecule has 0 bridgehead atoms. The maximum absolute atomic E-state index is 14.9. The van der Waals surface area contributed by atoms with Crippen LogP contribution in [0, 0.1) is 16.7 Å². The van der Waals surface area contributed by atoms with Crippen molar-refractivity contribution in [3.63, 3.8) is 0 Å². The van der Waals surface area contributed by atoms with Gasteiger partial charge in [-0.1, -0.05) is 133 Å². The van der Waals surface area contributed by atoms with Crippen LogP contribution in [0.2, 0.25) is 0 Å². The molecule has 1 aliphatic heterocycles. The van der Waals surface area contributed by atoms with Gasteiger partial charge in [0.05, 0.1) is 12.8 Å². The minimum Gasteiger partial charge on any atom is -0.480 e. The Morgan fingerprint density at radius 1 is 0.734 bits per heavy atom. The molecule has 5 rings (SSSR count). The van der Waals surface area contributed by atoms with E-state index in [-0.39, 0.29) is 24.8 Å². The van der Waals surface area contributed by atoms with E-state index < -0.39 is 64.9 Å². The van der Waals surface area contributed by atoms with Gasteiger partial charge in [-0.2, -0.15) is 0 Å². The molecule has 0 aliphatic carbocycles. The fourth-order valence-electron chi connectivity index (χ4n) is 8.44. The third-order valence-corrected chi connectivity index (χ3v) is 11.7. The van der Waals surface area contributed by atoms with E-state index in [0.29, 0.717) is 32.5 Å². The first-order valence-corrected chi connectivity index (χ1v) is 21.9. The molecule has 1 fully saturated rings. The molecule has 1 aliphatic rings. The summed E-state index contributed by atoms with van der Waals surface area (Å²) < 4.78 is 4.88. The van der Waals surface area contributed by atoms with Crippen LogP contribution in [-0.4, -0.2) is 100 Å². The molecule has 14 heteroatoms. The second kappa shape index (κ2) is 21.9. The molecule has 3 aromatic carbocycles. The maximum Gasteiger partial charge on any atom is 0.407 e. The molecular formula is C50H65N7O7. The van der Waals surface area contributed by atoms with Crippen LogP contribution in [0.4, 0.5) is 9.59 Å². The molecule has 14 nitrogen and oxygen atoms in total. The molecule has 0 unspecified atom stereocenters. The highest BCUT2D eigenvalue weighted by Crippen LogP contribution is 2.31. The molecule has 1 saturated heterocycles. The Morgan fingerprint density at radius 2 is 1.34 bits per heavy atom. The average Bonchev–Trinajstić information content (AvgIpc) is 3.60. The number of carbonyl (C=O) groups excluding carboxylic acids is 4. The topological polar surface area (TPSA) is 196 Å². The highest BCUT2D eigenvalue weighted by molar-refractivity contribution is 5.89. The normalized spacial score (nSPS) is 15.9. The molecule has 4 aromatic rings. The third kappa shape index (κ3) is 13.6. The van der Waals surface area contributed by atoms with Gasteiger partial charge in [-0.3, -0.25) is 19.4 Å². The average molecular weight is 876 g/mol. The summed E-state index contributed by atoms with van der Waals surface area (Å²) in [5.41, 5.74) is 9.39. The van der Waals surface area contributed by atoms with Gasteiger partial charge in [0.15, 0.2) is 0 Å². The van der Waals surface area contributed by atoms with Crippen LogP contribution >= 0.6 is 0 Å². The van der Waals surface area contributed by atoms with Crippen LogP contribution in [0.5, 0.6) is 0 Å². The number of aliphatic carboxylic acids is 1. The molecule has 64 heavy (non-hydrogen) atoms. The van der Waals surface area contributed by atoms with E-state index in [1.165, 1.54) is 7.11 Å². The number of aromatic nitrogens is 1. The predicted molar refractivity (Wildman–Crippen MR) is 247 cm³/mol. The highest BCUT2D eigenvalue weighted by Gasteiger charge is 2.45. The van der Waals surface area contributed by atoms with Crippen molar-refractivity contribution in [3.8, 4) is 11.3 Å². The van der Waals surface area contributed by atoms with E-state index in [4.69, 9.17) is 10.5 Å². The number of nitrogens with zero attached hydrogens (tertiary/aromatic N) is 3. The number of urea groups is 1. The first kappa shape index (κ1) is 48.7. The number of alkyl carbamates (subject to hydrolysis) is 1. The second-order valence-corrected chi connectivity index (χ2v) is 18.9. The number of carboxylic acids is 1. The number of rotatable bonds is 19. The first-order chi connectivity index (χ1) is 30.3. The van der Waals surface area contributed by atoms with Crippen molar-refractivity contribution >= 4 is 29.9 Å². The first-order valence-electron chi connectivity index (χ1n) is 21.9. The largest absolute Gasteiger partial charge is 0.480 e. The zero-order valence-corrected chi connectivity index (χ0v) is 38.1. The zero-order chi connectivity index (χ0) is 46.6. The lowest BCUT2D eigenvalue weighted by molar-refractivity contribution is -0.139. The molecule has 0 radical (unpaired) electrons. The number of ether oxygens (including phenoxy) is 1. The number of amides is 5. The SMILES string of the molecule is COC(=O)N[C@H](C(=O)N[C@H](Cc1ccc(-c2ccccn2)cc1)C[C@H](C[C@H](N)C(=O)O)[C@H](Cc1ccccc1)NC(=O)[C@@H](N1CCN(Cc2ccccc2)C1=O)C(C)(C)C)C(C)(C)C. The number of hydrogen-bond donors (Lipinski definition) is 5. The van der Waals surface area contributed by atoms with Gasteiger partial charge >= 0.3 is 18.1 Å². The van der Waals surface area contributed by atoms with Gasteiger partial charge in [0.1, 0.15) is 18.1 Å². The molecule has 1 aromatic heterocycles. The Hall–Kier alpha value is -6.28. The van der Waals surface area contributed by atoms with Crippen molar-refractivity contribution in [2.75, 3.05) is 20.2 Å². The highest BCUT2D eigenvalue weighted by atomic mass is 16.5. The summed E-state index contributed by atoms with van der Waals surface area (Å²) in [4.78, 5) is 76.2. The quantitative estimate of drug-likeness (QED) is 0.0705. The van der Waals surface area contributed by atoms with Crippen molar-refractivity contribution in [3.05, 3.63) is 126 Å². The van der Waals surface area contributed by atoms with Crippen molar-refractivity contribution in [2.24, 2.45) is 22.5 Å². The molecule has 5 amide bonds. The molecule has 6 N–H and O–H groups in total. The fourth-order valence-corrected chi connectivity index (χ4v) is 8.44. The lowest BCUT2D eigenvalue weighted by atomic mass is 9.80. The monoisotopic (exact) mass is 875 g/mol. The van der Waals surface area contributed by atoms with Crippen LogP contribution in [-0.2, 0) is 38.5 Å². The molecule has 0 saturated carbocycles. The number of benzene rings is 3. The number of pyridine rings is 1. The van der Waals surface area contributed by atoms with E-state index in [0.717, 1.165) is 27.9 Å². The Balaban J connectivity index is 1.52. The van der Waals surface area contributed by atoms with Crippen LogP contribution in [0.1, 0.15) is 71.1 Å². The van der Waals surface area contributed by atoms with E-state index in [1.54, 1.807) is 16.0 Å². The molecular weight excluding hydrogens is 811 g/mol. The third-order valence-electron chi connectivity index (χ3n) is 11.7. The van der Waals surface area contributed by atoms with Gasteiger partial charge in [-0.25, -0.2) is 9.59 Å². The number of carbonyl (C=O) groups is 5. The minimum atomic E-state index is -1.30. The Morgan fingerprint density at radius 3 is 1.91 bits per heavy atom. The van der Waals surface area contributed by atoms with Crippen molar-refractivity contribution in [1.82, 2.24) is 30.7 Å². The lowest BCUT2D eigenvalue weighted by Crippen LogP contribution is -2.59. The number of nitrogens with one attached hydrogen (secondary N) is 3. The van der Waals surface area contributed by atoms with E-state index >= 15 is 0 Å². The smallest absolute Gasteiger partial charge is 0.407 e. The summed E-state index contributed by atoms with van der Waals surface area (Å²) in [6.07, 6.45) is 1.73. The fraction of sp³-hybridized carbons (Fsp3) is 0.440. The number of hydrogen-bond acceptors (Lipinski definition) is 8. The Kier molecular flexibility index (Phi) is 16.7. The summed E-state index contributed by atoms with van der Waals surface area (Å²) in [5, 5.41) is 19.4. The number of methoxy groups -OCH3 is 1. The van der Waals surface area contributed by atoms with Crippen molar-refractivity contribution in [1.29, 1.82) is 0 Å². The van der Waals surface area contributed by atoms with Gasteiger partial charge < -0.3 is 41.3 Å². The molecule has 6 atom stereocenters. The van der Waals surface area contributed by atoms with Gasteiger partial charge in [0.25, 0.3) is 0 Å². The van der Waals surface area contributed by atoms with Gasteiger partial charge in [0, 0.05) is 43.5 Å². The standard InChI is InChI=1S/C50H65N7O7/c1-49(2,3)42(55-47(62)64-7)44(58)53-38(28-34-21-23-36(24-22-34)40-20-14-15-25-52-40)30-37(31-39(51)46(60)61)41(29-33-16-10-8-11-17-33)54-45(59)43(50(4,5)6)57-27-26-56(48(57)63)32-35-18-12-9-13-19-35/h8-25,37-39,41-43H,26-32,51H2,1-7H3,(H,53,58)(H,54,59)(H,55,62)(H,60,61)/t37-,38-,39+,41+,42-,43-/m1/s1. The molecule has 342 valence electrons. The lowest BCUT2D eigenvalue weighted by Gasteiger charge is -2.39. The van der Waals surface area contributed by atoms with E-state index in [2.05, 4.69) is 20.9 Å².